The molecule has 43 heavy (non-hydrogen) atoms. The van der Waals surface area contributed by atoms with E-state index < -0.39 is 36.9 Å². The highest BCUT2D eigenvalue weighted by Crippen LogP contribution is 2.35. The molecule has 16 nitrogen and oxygen atoms in total. The lowest BCUT2D eigenvalue weighted by molar-refractivity contribution is -0.0432. The molecule has 6 atom stereocenters. The molecule has 0 saturated carbocycles. The maximum Gasteiger partial charge on any atom is 0.247 e. The smallest absolute Gasteiger partial charge is 0.247 e. The molecule has 0 unspecified atom stereocenters. The monoisotopic (exact) mass is 591 g/mol. The van der Waals surface area contributed by atoms with Crippen molar-refractivity contribution in [1.29, 1.82) is 0 Å². The third-order valence-corrected chi connectivity index (χ3v) is 7.59. The van der Waals surface area contributed by atoms with Gasteiger partial charge < -0.3 is 40.0 Å². The first-order valence-electron chi connectivity index (χ1n) is 13.8. The van der Waals surface area contributed by atoms with Crippen LogP contribution in [-0.2, 0) is 16.1 Å². The fraction of sp³-hybridized carbons (Fsp3) is 0.407. The molecule has 7 rings (SSSR count). The van der Waals surface area contributed by atoms with Gasteiger partial charge >= 0.3 is 0 Å². The lowest BCUT2D eigenvalue weighted by Gasteiger charge is -2.15. The average molecular weight is 592 g/mol. The van der Waals surface area contributed by atoms with E-state index in [9.17, 15) is 20.4 Å². The van der Waals surface area contributed by atoms with Gasteiger partial charge in [-0.15, -0.1) is 0 Å². The van der Waals surface area contributed by atoms with Crippen molar-refractivity contribution < 1.29 is 34.6 Å². The van der Waals surface area contributed by atoms with Gasteiger partial charge in [0, 0.05) is 12.8 Å². The number of benzene rings is 1. The number of fused-ring (bicyclic) bond motifs is 2. The molecule has 2 aliphatic rings. The zero-order valence-electron chi connectivity index (χ0n) is 22.7. The molecule has 2 fully saturated rings. The van der Waals surface area contributed by atoms with E-state index in [0.717, 1.165) is 5.56 Å². The highest BCUT2D eigenvalue weighted by Gasteiger charge is 2.37. The van der Waals surface area contributed by atoms with Gasteiger partial charge in [-0.05, 0) is 5.56 Å². The van der Waals surface area contributed by atoms with Gasteiger partial charge in [0.25, 0.3) is 0 Å². The average Bonchev–Trinajstić information content (AvgIpc) is 3.81. The first-order chi connectivity index (χ1) is 21.0. The Kier molecular flexibility index (Phi) is 7.29. The first kappa shape index (κ1) is 27.5. The van der Waals surface area contributed by atoms with Crippen LogP contribution in [0.3, 0.4) is 0 Å². The molecular formula is C27H29N9O7. The number of aliphatic hydroxyl groups is 4. The van der Waals surface area contributed by atoms with Crippen LogP contribution in [0, 0.1) is 0 Å². The second-order valence-corrected chi connectivity index (χ2v) is 10.4. The molecule has 0 aliphatic carbocycles. The zero-order valence-corrected chi connectivity index (χ0v) is 22.7. The number of imidazole rings is 2. The number of aliphatic hydroxyl groups excluding tert-OH is 4. The quantitative estimate of drug-likeness (QED) is 0.159. The van der Waals surface area contributed by atoms with E-state index in [2.05, 4.69) is 35.2 Å². The third kappa shape index (κ3) is 5.13. The first-order valence-corrected chi connectivity index (χ1v) is 13.8. The van der Waals surface area contributed by atoms with Crippen molar-refractivity contribution in [3.63, 3.8) is 0 Å². The van der Waals surface area contributed by atoms with Crippen LogP contribution in [0.2, 0.25) is 0 Å². The van der Waals surface area contributed by atoms with Crippen LogP contribution in [0.1, 0.15) is 30.9 Å². The van der Waals surface area contributed by atoms with Crippen molar-refractivity contribution in [2.75, 3.05) is 18.5 Å². The van der Waals surface area contributed by atoms with Gasteiger partial charge in [0.2, 0.25) is 11.8 Å². The molecule has 4 aromatic heterocycles. The van der Waals surface area contributed by atoms with Gasteiger partial charge in [-0.3, -0.25) is 9.13 Å². The number of hydrogen-bond donors (Lipinski definition) is 5. The summed E-state index contributed by atoms with van der Waals surface area (Å²) in [6, 6.07) is 9.61. The summed E-state index contributed by atoms with van der Waals surface area (Å²) < 4.78 is 21.1. The molecule has 0 spiro atoms. The van der Waals surface area contributed by atoms with Gasteiger partial charge in [-0.1, -0.05) is 30.3 Å². The van der Waals surface area contributed by atoms with Crippen LogP contribution < -0.4 is 10.1 Å². The molecular weight excluding hydrogens is 562 g/mol. The molecule has 0 radical (unpaired) electrons. The Morgan fingerprint density at radius 1 is 0.814 bits per heavy atom. The summed E-state index contributed by atoms with van der Waals surface area (Å²) in [6.45, 7) is -0.392. The Morgan fingerprint density at radius 2 is 1.47 bits per heavy atom. The van der Waals surface area contributed by atoms with E-state index in [4.69, 9.17) is 14.2 Å². The summed E-state index contributed by atoms with van der Waals surface area (Å²) >= 11 is 0. The van der Waals surface area contributed by atoms with E-state index in [1.807, 2.05) is 30.3 Å². The SMILES string of the molecule is OC[C@H]1O[C@@H](n2cnc3c(Nc4nc(OCc5ccccc5)c5ncn([C@H]6C[C@H](O)[C@@H](CO)O6)c5n4)ncnc32)C[C@@H]1O. The molecule has 224 valence electrons. The molecule has 1 aromatic carbocycles. The van der Waals surface area contributed by atoms with E-state index in [1.54, 1.807) is 9.13 Å². The lowest BCUT2D eigenvalue weighted by atomic mass is 10.2. The number of nitrogens with zero attached hydrogens (tertiary/aromatic N) is 8. The Labute approximate surface area is 243 Å². The largest absolute Gasteiger partial charge is 0.471 e. The molecule has 16 heteroatoms. The Balaban J connectivity index is 1.24. The summed E-state index contributed by atoms with van der Waals surface area (Å²) in [6.07, 6.45) is 0.675. The number of anilines is 2. The predicted octanol–water partition coefficient (Wildman–Crippen LogP) is 0.570. The molecule has 2 saturated heterocycles. The summed E-state index contributed by atoms with van der Waals surface area (Å²) in [5.41, 5.74) is 2.56. The maximum atomic E-state index is 10.3. The fourth-order valence-electron chi connectivity index (χ4n) is 5.34. The summed E-state index contributed by atoms with van der Waals surface area (Å²) in [7, 11) is 0. The molecule has 2 aliphatic heterocycles. The Morgan fingerprint density at radius 3 is 2.12 bits per heavy atom. The van der Waals surface area contributed by atoms with E-state index >= 15 is 0 Å². The van der Waals surface area contributed by atoms with E-state index in [-0.39, 0.29) is 44.5 Å². The van der Waals surface area contributed by atoms with Gasteiger partial charge in [0.15, 0.2) is 28.1 Å². The van der Waals surface area contributed by atoms with Crippen LogP contribution >= 0.6 is 0 Å². The maximum absolute atomic E-state index is 10.3. The van der Waals surface area contributed by atoms with Gasteiger partial charge in [-0.25, -0.2) is 19.9 Å². The van der Waals surface area contributed by atoms with E-state index in [0.29, 0.717) is 28.1 Å². The Hall–Kier alpha value is -4.32. The van der Waals surface area contributed by atoms with Crippen LogP contribution in [0.15, 0.2) is 49.3 Å². The van der Waals surface area contributed by atoms with Gasteiger partial charge in [0.1, 0.15) is 37.6 Å². The number of nitrogens with one attached hydrogen (secondary N) is 1. The van der Waals surface area contributed by atoms with Crippen molar-refractivity contribution in [1.82, 2.24) is 39.0 Å². The van der Waals surface area contributed by atoms with Crippen LogP contribution in [-0.4, -0.2) is 97.1 Å². The van der Waals surface area contributed by atoms with Gasteiger partial charge in [0.05, 0.1) is 38.1 Å². The molecule has 0 bridgehead atoms. The molecule has 5 N–H and O–H groups in total. The molecule has 6 heterocycles. The molecule has 0 amide bonds. The fourth-order valence-corrected chi connectivity index (χ4v) is 5.34. The van der Waals surface area contributed by atoms with Crippen LogP contribution in [0.25, 0.3) is 22.3 Å². The number of hydrogen-bond acceptors (Lipinski definition) is 14. The highest BCUT2D eigenvalue weighted by molar-refractivity contribution is 5.85. The minimum atomic E-state index is -0.845. The van der Waals surface area contributed by atoms with Crippen molar-refractivity contribution in [2.45, 2.75) is 56.3 Å². The topological polar surface area (TPSA) is 208 Å². The second-order valence-electron chi connectivity index (χ2n) is 10.4. The minimum absolute atomic E-state index is 0.136. The number of ether oxygens (including phenoxy) is 3. The highest BCUT2D eigenvalue weighted by atomic mass is 16.5. The summed E-state index contributed by atoms with van der Waals surface area (Å²) in [4.78, 5) is 26.9. The third-order valence-electron chi connectivity index (χ3n) is 7.59. The normalized spacial score (nSPS) is 25.6. The van der Waals surface area contributed by atoms with Crippen molar-refractivity contribution in [2.24, 2.45) is 0 Å². The van der Waals surface area contributed by atoms with Crippen molar-refractivity contribution in [3.05, 3.63) is 54.9 Å². The number of aromatic nitrogens is 8. The van der Waals surface area contributed by atoms with Crippen molar-refractivity contribution >= 4 is 34.1 Å². The van der Waals surface area contributed by atoms with Gasteiger partial charge in [-0.2, -0.15) is 9.97 Å². The lowest BCUT2D eigenvalue weighted by Crippen LogP contribution is -2.24. The summed E-state index contributed by atoms with van der Waals surface area (Å²) in [5, 5.41) is 42.7. The minimum Gasteiger partial charge on any atom is -0.471 e. The Bertz CT molecular complexity index is 1730. The van der Waals surface area contributed by atoms with Crippen LogP contribution in [0.5, 0.6) is 5.88 Å². The number of rotatable bonds is 9. The standard InChI is InChI=1S/C27H29N9O7/c37-8-17-15(39)6-19(42-17)35-12-30-21-23(28-11-29-24(21)35)32-27-33-25-22(26(34-27)41-10-14-4-2-1-3-5-14)31-13-36(25)20-7-16(40)18(9-38)43-20/h1-5,11-13,15-20,37-40H,6-10H2,(H,28,29,32,33,34)/t15-,16-,17+,18+,19+,20+/m0/s1. The van der Waals surface area contributed by atoms with Crippen molar-refractivity contribution in [3.8, 4) is 5.88 Å². The van der Waals surface area contributed by atoms with Crippen LogP contribution in [0.4, 0.5) is 11.8 Å². The zero-order chi connectivity index (χ0) is 29.5. The predicted molar refractivity (Wildman–Crippen MR) is 148 cm³/mol. The molecule has 5 aromatic rings. The summed E-state index contributed by atoms with van der Waals surface area (Å²) in [5.74, 6) is 0.664. The second kappa shape index (κ2) is 11.4. The van der Waals surface area contributed by atoms with E-state index in [1.165, 1.54) is 19.0 Å².